The number of rotatable bonds is 4. The van der Waals surface area contributed by atoms with Crippen molar-refractivity contribution in [3.05, 3.63) is 53.1 Å². The molecule has 7 heteroatoms. The zero-order chi connectivity index (χ0) is 15.5. The van der Waals surface area contributed by atoms with Crippen molar-refractivity contribution in [1.82, 2.24) is 9.97 Å². The van der Waals surface area contributed by atoms with Gasteiger partial charge in [-0.2, -0.15) is 13.2 Å². The van der Waals surface area contributed by atoms with E-state index in [4.69, 9.17) is 0 Å². The fraction of sp³-hybridized carbons (Fsp3) is 0.286. The summed E-state index contributed by atoms with van der Waals surface area (Å²) < 4.78 is 50.4. The first-order chi connectivity index (χ1) is 9.86. The molecule has 112 valence electrons. The highest BCUT2D eigenvalue weighted by molar-refractivity contribution is 5.30. The number of nitrogens with zero attached hydrogens (tertiary/aromatic N) is 2. The van der Waals surface area contributed by atoms with Crippen LogP contribution >= 0.6 is 0 Å². The first-order valence-electron chi connectivity index (χ1n) is 6.25. The molecular weight excluding hydrogens is 286 g/mol. The Morgan fingerprint density at radius 3 is 2.62 bits per heavy atom. The molecule has 0 radical (unpaired) electrons. The predicted molar refractivity (Wildman–Crippen MR) is 70.4 cm³/mol. The van der Waals surface area contributed by atoms with Crippen LogP contribution in [0.1, 0.15) is 16.8 Å². The van der Waals surface area contributed by atoms with Crippen molar-refractivity contribution in [2.24, 2.45) is 0 Å². The lowest BCUT2D eigenvalue weighted by atomic mass is 10.1. The van der Waals surface area contributed by atoms with E-state index in [1.54, 1.807) is 13.0 Å². The first kappa shape index (κ1) is 15.2. The van der Waals surface area contributed by atoms with Crippen molar-refractivity contribution in [2.75, 3.05) is 11.9 Å². The van der Waals surface area contributed by atoms with Crippen molar-refractivity contribution in [1.29, 1.82) is 0 Å². The summed E-state index contributed by atoms with van der Waals surface area (Å²) in [5.41, 5.74) is 0.718. The van der Waals surface area contributed by atoms with E-state index in [-0.39, 0.29) is 11.8 Å². The van der Waals surface area contributed by atoms with Crippen LogP contribution in [0.2, 0.25) is 0 Å². The van der Waals surface area contributed by atoms with Crippen LogP contribution in [0.4, 0.5) is 23.5 Å². The number of aromatic nitrogens is 2. The molecule has 0 fully saturated rings. The number of halogens is 4. The Bertz CT molecular complexity index is 626. The van der Waals surface area contributed by atoms with Gasteiger partial charge in [0.2, 0.25) is 5.95 Å². The van der Waals surface area contributed by atoms with Crippen LogP contribution in [0.25, 0.3) is 0 Å². The molecular formula is C14H13F4N3. The number of benzene rings is 1. The number of hydrogen-bond donors (Lipinski definition) is 1. The Morgan fingerprint density at radius 1 is 1.19 bits per heavy atom. The Balaban J connectivity index is 1.97. The third-order valence-electron chi connectivity index (χ3n) is 2.93. The van der Waals surface area contributed by atoms with E-state index in [9.17, 15) is 17.6 Å². The first-order valence-corrected chi connectivity index (χ1v) is 6.25. The van der Waals surface area contributed by atoms with E-state index < -0.39 is 11.9 Å². The Morgan fingerprint density at radius 2 is 1.95 bits per heavy atom. The molecule has 1 N–H and O–H groups in total. The van der Waals surface area contributed by atoms with Gasteiger partial charge in [0.25, 0.3) is 0 Å². The molecule has 1 heterocycles. The topological polar surface area (TPSA) is 37.8 Å². The average Bonchev–Trinajstić information content (AvgIpc) is 2.41. The van der Waals surface area contributed by atoms with E-state index in [2.05, 4.69) is 15.3 Å². The lowest BCUT2D eigenvalue weighted by Crippen LogP contribution is -2.13. The average molecular weight is 299 g/mol. The largest absolute Gasteiger partial charge is 0.433 e. The van der Waals surface area contributed by atoms with Crippen molar-refractivity contribution >= 4 is 5.95 Å². The minimum atomic E-state index is -4.49. The van der Waals surface area contributed by atoms with Gasteiger partial charge in [-0.3, -0.25) is 0 Å². The molecule has 2 aromatic rings. The standard InChI is InChI=1S/C14H13F4N3/c1-9-8-11(15)3-2-10(9)4-6-19-13-20-7-5-12(21-13)14(16,17)18/h2-3,5,7-8H,4,6H2,1H3,(H,19,20,21). The Kier molecular flexibility index (Phi) is 4.40. The molecule has 0 aliphatic rings. The summed E-state index contributed by atoms with van der Waals surface area (Å²) in [4.78, 5) is 7.14. The number of hydrogen-bond acceptors (Lipinski definition) is 3. The molecule has 0 atom stereocenters. The molecule has 0 aliphatic carbocycles. The number of alkyl halides is 3. The van der Waals surface area contributed by atoms with Crippen molar-refractivity contribution in [3.63, 3.8) is 0 Å². The van der Waals surface area contributed by atoms with Crippen molar-refractivity contribution in [2.45, 2.75) is 19.5 Å². The molecule has 1 aromatic carbocycles. The monoisotopic (exact) mass is 299 g/mol. The van der Waals surface area contributed by atoms with Crippen molar-refractivity contribution < 1.29 is 17.6 Å². The predicted octanol–water partition coefficient (Wildman–Crippen LogP) is 3.60. The van der Waals surface area contributed by atoms with Gasteiger partial charge < -0.3 is 5.32 Å². The fourth-order valence-corrected chi connectivity index (χ4v) is 1.85. The van der Waals surface area contributed by atoms with Crippen LogP contribution < -0.4 is 5.32 Å². The van der Waals surface area contributed by atoms with Gasteiger partial charge in [0.1, 0.15) is 11.5 Å². The van der Waals surface area contributed by atoms with Crippen LogP contribution in [-0.4, -0.2) is 16.5 Å². The highest BCUT2D eigenvalue weighted by atomic mass is 19.4. The molecule has 3 nitrogen and oxygen atoms in total. The van der Waals surface area contributed by atoms with E-state index in [1.165, 1.54) is 12.1 Å². The van der Waals surface area contributed by atoms with E-state index >= 15 is 0 Å². The second-order valence-electron chi connectivity index (χ2n) is 4.51. The van der Waals surface area contributed by atoms with Gasteiger partial charge in [0.05, 0.1) is 0 Å². The molecule has 0 unspecified atom stereocenters. The SMILES string of the molecule is Cc1cc(F)ccc1CCNc1nccc(C(F)(F)F)n1. The zero-order valence-corrected chi connectivity index (χ0v) is 11.2. The second-order valence-corrected chi connectivity index (χ2v) is 4.51. The van der Waals surface area contributed by atoms with E-state index in [0.717, 1.165) is 23.4 Å². The smallest absolute Gasteiger partial charge is 0.354 e. The quantitative estimate of drug-likeness (QED) is 0.877. The van der Waals surface area contributed by atoms with Gasteiger partial charge in [-0.1, -0.05) is 6.07 Å². The third kappa shape index (κ3) is 4.14. The van der Waals surface area contributed by atoms with Crippen molar-refractivity contribution in [3.8, 4) is 0 Å². The highest BCUT2D eigenvalue weighted by Crippen LogP contribution is 2.27. The maximum atomic E-state index is 12.9. The highest BCUT2D eigenvalue weighted by Gasteiger charge is 2.32. The summed E-state index contributed by atoms with van der Waals surface area (Å²) in [6.45, 7) is 2.13. The van der Waals surface area contributed by atoms with Gasteiger partial charge in [0, 0.05) is 12.7 Å². The minimum absolute atomic E-state index is 0.0791. The number of aryl methyl sites for hydroxylation is 1. The maximum absolute atomic E-state index is 12.9. The molecule has 0 saturated carbocycles. The second kappa shape index (κ2) is 6.07. The van der Waals surface area contributed by atoms with Gasteiger partial charge in [-0.25, -0.2) is 14.4 Å². The Labute approximate surface area is 119 Å². The number of nitrogens with one attached hydrogen (secondary N) is 1. The molecule has 0 aliphatic heterocycles. The molecule has 0 spiro atoms. The third-order valence-corrected chi connectivity index (χ3v) is 2.93. The van der Waals surface area contributed by atoms with Gasteiger partial charge >= 0.3 is 6.18 Å². The van der Waals surface area contributed by atoms with Crippen LogP contribution in [-0.2, 0) is 12.6 Å². The summed E-state index contributed by atoms with van der Waals surface area (Å²) in [5, 5.41) is 2.73. The normalized spacial score (nSPS) is 11.5. The molecule has 0 bridgehead atoms. The summed E-state index contributed by atoms with van der Waals surface area (Å²) in [6.07, 6.45) is -2.90. The summed E-state index contributed by atoms with van der Waals surface area (Å²) in [6, 6.07) is 5.23. The van der Waals surface area contributed by atoms with E-state index in [1.807, 2.05) is 0 Å². The lowest BCUT2D eigenvalue weighted by Gasteiger charge is -2.09. The summed E-state index contributed by atoms with van der Waals surface area (Å²) in [7, 11) is 0. The lowest BCUT2D eigenvalue weighted by molar-refractivity contribution is -0.141. The fourth-order valence-electron chi connectivity index (χ4n) is 1.85. The molecule has 0 amide bonds. The van der Waals surface area contributed by atoms with Gasteiger partial charge in [-0.05, 0) is 42.7 Å². The van der Waals surface area contributed by atoms with Crippen LogP contribution in [0.15, 0.2) is 30.5 Å². The van der Waals surface area contributed by atoms with Gasteiger partial charge in [-0.15, -0.1) is 0 Å². The molecule has 2 rings (SSSR count). The maximum Gasteiger partial charge on any atom is 0.433 e. The van der Waals surface area contributed by atoms with Crippen LogP contribution in [0, 0.1) is 12.7 Å². The van der Waals surface area contributed by atoms with E-state index in [0.29, 0.717) is 13.0 Å². The van der Waals surface area contributed by atoms with Gasteiger partial charge in [0.15, 0.2) is 0 Å². The Hall–Kier alpha value is -2.18. The molecule has 21 heavy (non-hydrogen) atoms. The number of anilines is 1. The molecule has 0 saturated heterocycles. The summed E-state index contributed by atoms with van der Waals surface area (Å²) in [5.74, 6) is -0.394. The minimum Gasteiger partial charge on any atom is -0.354 e. The van der Waals surface area contributed by atoms with Crippen LogP contribution in [0.5, 0.6) is 0 Å². The van der Waals surface area contributed by atoms with Crippen LogP contribution in [0.3, 0.4) is 0 Å². The molecule has 1 aromatic heterocycles. The zero-order valence-electron chi connectivity index (χ0n) is 11.2. The summed E-state index contributed by atoms with van der Waals surface area (Å²) >= 11 is 0.